The zero-order valence-corrected chi connectivity index (χ0v) is 16.5. The molecule has 0 N–H and O–H groups in total. The first-order valence-corrected chi connectivity index (χ1v) is 9.15. The number of ether oxygens (including phenoxy) is 1. The second-order valence-corrected chi connectivity index (χ2v) is 6.74. The van der Waals surface area contributed by atoms with Gasteiger partial charge in [-0.15, -0.1) is 0 Å². The number of methoxy groups -OCH3 is 1. The molecule has 0 heterocycles. The lowest BCUT2D eigenvalue weighted by Gasteiger charge is -2.29. The van der Waals surface area contributed by atoms with E-state index in [-0.39, 0.29) is 11.9 Å². The summed E-state index contributed by atoms with van der Waals surface area (Å²) in [6, 6.07) is 16.4. The third-order valence-corrected chi connectivity index (χ3v) is 4.85. The molecule has 2 aromatic carbocycles. The Morgan fingerprint density at radius 2 is 1.77 bits per heavy atom. The van der Waals surface area contributed by atoms with E-state index < -0.39 is 0 Å². The maximum Gasteiger partial charge on any atom is 0.241 e. The molecule has 0 bridgehead atoms. The van der Waals surface area contributed by atoms with Crippen LogP contribution in [0.2, 0.25) is 0 Å². The number of aryl methyl sites for hydroxylation is 1. The Hall–Kier alpha value is -2.33. The van der Waals surface area contributed by atoms with Gasteiger partial charge < -0.3 is 9.64 Å². The Morgan fingerprint density at radius 1 is 1.12 bits per heavy atom. The zero-order valence-electron chi connectivity index (χ0n) is 16.5. The molecule has 0 aliphatic carbocycles. The molecular weight excluding hydrogens is 324 g/mol. The Bertz CT molecular complexity index is 712. The van der Waals surface area contributed by atoms with Gasteiger partial charge in [-0.1, -0.05) is 30.3 Å². The van der Waals surface area contributed by atoms with E-state index in [0.29, 0.717) is 13.1 Å². The van der Waals surface area contributed by atoms with Gasteiger partial charge in [0.05, 0.1) is 13.7 Å². The lowest BCUT2D eigenvalue weighted by molar-refractivity contribution is -0.119. The fraction of sp³-hybridized carbons (Fsp3) is 0.409. The summed E-state index contributed by atoms with van der Waals surface area (Å²) in [6.45, 7) is 7.29. The Balaban J connectivity index is 1.99. The maximum absolute atomic E-state index is 12.8. The SMILES string of the molecule is CCN(C(=O)CN(C)C(C)Cc1ccc(OC)cc1)c1ccccc1C. The van der Waals surface area contributed by atoms with Gasteiger partial charge in [0.25, 0.3) is 0 Å². The Morgan fingerprint density at radius 3 is 2.35 bits per heavy atom. The Kier molecular flexibility index (Phi) is 7.22. The molecule has 4 heteroatoms. The number of rotatable bonds is 8. The first-order valence-electron chi connectivity index (χ1n) is 9.15. The minimum Gasteiger partial charge on any atom is -0.497 e. The molecule has 0 aliphatic rings. The molecule has 1 unspecified atom stereocenters. The van der Waals surface area contributed by atoms with Gasteiger partial charge in [0.15, 0.2) is 0 Å². The summed E-state index contributed by atoms with van der Waals surface area (Å²) >= 11 is 0. The highest BCUT2D eigenvalue weighted by molar-refractivity contribution is 5.95. The molecular formula is C22H30N2O2. The normalized spacial score (nSPS) is 12.1. The van der Waals surface area contributed by atoms with E-state index in [9.17, 15) is 4.79 Å². The van der Waals surface area contributed by atoms with Crippen LogP contribution in [0.3, 0.4) is 0 Å². The lowest BCUT2D eigenvalue weighted by atomic mass is 10.1. The van der Waals surface area contributed by atoms with Crippen LogP contribution in [0.1, 0.15) is 25.0 Å². The van der Waals surface area contributed by atoms with Gasteiger partial charge in [-0.05, 0) is 63.6 Å². The van der Waals surface area contributed by atoms with Crippen molar-refractivity contribution in [3.8, 4) is 5.75 Å². The highest BCUT2D eigenvalue weighted by Gasteiger charge is 2.20. The van der Waals surface area contributed by atoms with Crippen LogP contribution in [0.25, 0.3) is 0 Å². The van der Waals surface area contributed by atoms with Crippen molar-refractivity contribution in [2.45, 2.75) is 33.2 Å². The van der Waals surface area contributed by atoms with E-state index in [2.05, 4.69) is 24.0 Å². The Labute approximate surface area is 157 Å². The monoisotopic (exact) mass is 354 g/mol. The van der Waals surface area contributed by atoms with Gasteiger partial charge in [-0.3, -0.25) is 9.69 Å². The lowest BCUT2D eigenvalue weighted by Crippen LogP contribution is -2.42. The number of anilines is 1. The number of benzene rings is 2. The molecule has 0 aromatic heterocycles. The van der Waals surface area contributed by atoms with Crippen LogP contribution in [0.4, 0.5) is 5.69 Å². The van der Waals surface area contributed by atoms with Gasteiger partial charge in [-0.25, -0.2) is 0 Å². The van der Waals surface area contributed by atoms with Gasteiger partial charge in [0.1, 0.15) is 5.75 Å². The topological polar surface area (TPSA) is 32.8 Å². The van der Waals surface area contributed by atoms with Crippen LogP contribution < -0.4 is 9.64 Å². The van der Waals surface area contributed by atoms with Gasteiger partial charge in [0.2, 0.25) is 5.91 Å². The third kappa shape index (κ3) is 5.09. The van der Waals surface area contributed by atoms with Crippen LogP contribution in [0.5, 0.6) is 5.75 Å². The molecule has 0 spiro atoms. The number of amides is 1. The van der Waals surface area contributed by atoms with Crippen LogP contribution >= 0.6 is 0 Å². The number of hydrogen-bond acceptors (Lipinski definition) is 3. The molecule has 0 saturated heterocycles. The highest BCUT2D eigenvalue weighted by atomic mass is 16.5. The number of hydrogen-bond donors (Lipinski definition) is 0. The van der Waals surface area contributed by atoms with E-state index in [1.807, 2.05) is 62.2 Å². The van der Waals surface area contributed by atoms with Crippen molar-refractivity contribution in [2.75, 3.05) is 32.1 Å². The zero-order chi connectivity index (χ0) is 19.1. The molecule has 0 aliphatic heterocycles. The van der Waals surface area contributed by atoms with Crippen LogP contribution in [0.15, 0.2) is 48.5 Å². The minimum atomic E-state index is 0.130. The second kappa shape index (κ2) is 9.39. The van der Waals surface area contributed by atoms with Crippen LogP contribution in [-0.2, 0) is 11.2 Å². The van der Waals surface area contributed by atoms with Gasteiger partial charge in [0, 0.05) is 18.3 Å². The van der Waals surface area contributed by atoms with Gasteiger partial charge >= 0.3 is 0 Å². The molecule has 140 valence electrons. The van der Waals surface area contributed by atoms with E-state index >= 15 is 0 Å². The van der Waals surface area contributed by atoms with Gasteiger partial charge in [-0.2, -0.15) is 0 Å². The average Bonchev–Trinajstić information content (AvgIpc) is 2.64. The first kappa shape index (κ1) is 20.0. The van der Waals surface area contributed by atoms with Crippen LogP contribution in [0, 0.1) is 6.92 Å². The first-order chi connectivity index (χ1) is 12.5. The molecule has 0 fully saturated rings. The van der Waals surface area contributed by atoms with Crippen molar-refractivity contribution < 1.29 is 9.53 Å². The molecule has 2 rings (SSSR count). The predicted octanol–water partition coefficient (Wildman–Crippen LogP) is 3.92. The summed E-state index contributed by atoms with van der Waals surface area (Å²) in [6.07, 6.45) is 0.893. The molecule has 2 aromatic rings. The van der Waals surface area contributed by atoms with E-state index in [1.165, 1.54) is 5.56 Å². The largest absolute Gasteiger partial charge is 0.497 e. The number of likely N-dealkylation sites (N-methyl/N-ethyl adjacent to an activating group) is 2. The number of para-hydroxylation sites is 1. The van der Waals surface area contributed by atoms with Crippen molar-refractivity contribution in [1.82, 2.24) is 4.90 Å². The number of carbonyl (C=O) groups is 1. The molecule has 1 atom stereocenters. The van der Waals surface area contributed by atoms with E-state index in [0.717, 1.165) is 23.4 Å². The summed E-state index contributed by atoms with van der Waals surface area (Å²) in [5.74, 6) is 0.993. The standard InChI is InChI=1S/C22H30N2O2/c1-6-24(21-10-8-7-9-17(21)2)22(25)16-23(4)18(3)15-19-11-13-20(26-5)14-12-19/h7-14,18H,6,15-16H2,1-5H3. The van der Waals surface area contributed by atoms with Crippen molar-refractivity contribution >= 4 is 11.6 Å². The van der Waals surface area contributed by atoms with Crippen molar-refractivity contribution in [1.29, 1.82) is 0 Å². The average molecular weight is 354 g/mol. The number of carbonyl (C=O) groups excluding carboxylic acids is 1. The van der Waals surface area contributed by atoms with Crippen molar-refractivity contribution in [3.63, 3.8) is 0 Å². The molecule has 0 radical (unpaired) electrons. The second-order valence-electron chi connectivity index (χ2n) is 6.74. The molecule has 0 saturated carbocycles. The minimum absolute atomic E-state index is 0.130. The molecule has 26 heavy (non-hydrogen) atoms. The summed E-state index contributed by atoms with van der Waals surface area (Å²) in [7, 11) is 3.68. The van der Waals surface area contributed by atoms with Crippen molar-refractivity contribution in [2.24, 2.45) is 0 Å². The van der Waals surface area contributed by atoms with Crippen LogP contribution in [-0.4, -0.2) is 44.1 Å². The maximum atomic E-state index is 12.8. The quantitative estimate of drug-likeness (QED) is 0.720. The third-order valence-electron chi connectivity index (χ3n) is 4.85. The summed E-state index contributed by atoms with van der Waals surface area (Å²) in [4.78, 5) is 16.8. The number of nitrogens with zero attached hydrogens (tertiary/aromatic N) is 2. The smallest absolute Gasteiger partial charge is 0.241 e. The fourth-order valence-electron chi connectivity index (χ4n) is 3.06. The highest BCUT2D eigenvalue weighted by Crippen LogP contribution is 2.20. The fourth-order valence-corrected chi connectivity index (χ4v) is 3.06. The predicted molar refractivity (Wildman–Crippen MR) is 108 cm³/mol. The van der Waals surface area contributed by atoms with E-state index in [1.54, 1.807) is 7.11 Å². The molecule has 1 amide bonds. The molecule has 4 nitrogen and oxygen atoms in total. The summed E-state index contributed by atoms with van der Waals surface area (Å²) < 4.78 is 5.20. The van der Waals surface area contributed by atoms with E-state index in [4.69, 9.17) is 4.74 Å². The summed E-state index contributed by atoms with van der Waals surface area (Å²) in [5.41, 5.74) is 3.36. The summed E-state index contributed by atoms with van der Waals surface area (Å²) in [5, 5.41) is 0. The van der Waals surface area contributed by atoms with Crippen molar-refractivity contribution in [3.05, 3.63) is 59.7 Å².